The lowest BCUT2D eigenvalue weighted by Gasteiger charge is -2.26. The molecule has 0 spiro atoms. The molecule has 0 bridgehead atoms. The second-order valence-corrected chi connectivity index (χ2v) is 7.06. The van der Waals surface area contributed by atoms with Crippen molar-refractivity contribution in [1.82, 2.24) is 14.7 Å². The number of hydrogen-bond donors (Lipinski definition) is 2. The quantitative estimate of drug-likeness (QED) is 0.579. The van der Waals surface area contributed by atoms with Crippen molar-refractivity contribution in [2.75, 3.05) is 45.2 Å². The maximum Gasteiger partial charge on any atom is 0.342 e. The summed E-state index contributed by atoms with van der Waals surface area (Å²) in [4.78, 5) is 13.9. The summed E-state index contributed by atoms with van der Waals surface area (Å²) in [6.45, 7) is 4.17. The highest BCUT2D eigenvalue weighted by molar-refractivity contribution is 5.90. The van der Waals surface area contributed by atoms with Gasteiger partial charge in [-0.1, -0.05) is 24.3 Å². The molecule has 0 aliphatic carbocycles. The van der Waals surface area contributed by atoms with Crippen molar-refractivity contribution in [3.63, 3.8) is 0 Å². The van der Waals surface area contributed by atoms with Gasteiger partial charge in [0.1, 0.15) is 12.2 Å². The Kier molecular flexibility index (Phi) is 5.97. The average molecular weight is 408 g/mol. The summed E-state index contributed by atoms with van der Waals surface area (Å²) in [6, 6.07) is 15.3. The number of aromatic carboxylic acids is 1. The van der Waals surface area contributed by atoms with Gasteiger partial charge in [-0.05, 0) is 35.4 Å². The molecule has 1 saturated heterocycles. The van der Waals surface area contributed by atoms with Crippen LogP contribution >= 0.6 is 0 Å². The summed E-state index contributed by atoms with van der Waals surface area (Å²) in [7, 11) is 0. The number of nitrogen functional groups attached to an aromatic ring is 1. The van der Waals surface area contributed by atoms with E-state index >= 15 is 0 Å². The lowest BCUT2D eigenvalue weighted by atomic mass is 10.0. The Morgan fingerprint density at radius 2 is 1.90 bits per heavy atom. The molecule has 3 N–H and O–H groups in total. The molecule has 0 radical (unpaired) electrons. The predicted octanol–water partition coefficient (Wildman–Crippen LogP) is 2.53. The van der Waals surface area contributed by atoms with Gasteiger partial charge in [0.25, 0.3) is 0 Å². The smallest absolute Gasteiger partial charge is 0.342 e. The Labute approximate surface area is 174 Å². The van der Waals surface area contributed by atoms with Crippen molar-refractivity contribution >= 4 is 11.7 Å². The molecule has 8 heteroatoms. The van der Waals surface area contributed by atoms with Gasteiger partial charge in [-0.2, -0.15) is 5.10 Å². The van der Waals surface area contributed by atoms with Crippen LogP contribution in [-0.2, 0) is 4.74 Å². The first-order valence-electron chi connectivity index (χ1n) is 9.82. The second kappa shape index (κ2) is 8.98. The molecule has 2 heterocycles. The normalized spacial score (nSPS) is 14.5. The van der Waals surface area contributed by atoms with Crippen LogP contribution in [0.15, 0.2) is 54.7 Å². The van der Waals surface area contributed by atoms with E-state index in [1.165, 1.54) is 10.9 Å². The molecule has 8 nitrogen and oxygen atoms in total. The minimum Gasteiger partial charge on any atom is -0.477 e. The van der Waals surface area contributed by atoms with Crippen LogP contribution in [0.3, 0.4) is 0 Å². The molecule has 1 aliphatic heterocycles. The summed E-state index contributed by atoms with van der Waals surface area (Å²) in [5.41, 5.74) is 9.34. The molecule has 1 fully saturated rings. The molecule has 4 rings (SSSR count). The van der Waals surface area contributed by atoms with Gasteiger partial charge >= 0.3 is 5.97 Å². The third-order valence-electron chi connectivity index (χ3n) is 5.04. The monoisotopic (exact) mass is 408 g/mol. The number of benzene rings is 2. The first kappa shape index (κ1) is 19.9. The Morgan fingerprint density at radius 3 is 2.60 bits per heavy atom. The topological polar surface area (TPSA) is 103 Å². The summed E-state index contributed by atoms with van der Waals surface area (Å²) >= 11 is 0. The molecule has 0 unspecified atom stereocenters. The number of rotatable bonds is 7. The summed E-state index contributed by atoms with van der Waals surface area (Å²) in [5.74, 6) is -0.841. The van der Waals surface area contributed by atoms with E-state index in [1.54, 1.807) is 0 Å². The van der Waals surface area contributed by atoms with E-state index in [0.717, 1.165) is 29.9 Å². The van der Waals surface area contributed by atoms with Crippen LogP contribution in [0, 0.1) is 0 Å². The van der Waals surface area contributed by atoms with E-state index in [4.69, 9.17) is 15.2 Å². The van der Waals surface area contributed by atoms with Crippen LogP contribution in [0.5, 0.6) is 5.88 Å². The number of nitrogens with two attached hydrogens (primary N) is 1. The second-order valence-electron chi connectivity index (χ2n) is 7.06. The number of carboxylic acids is 1. The fraction of sp³-hybridized carbons (Fsp3) is 0.273. The van der Waals surface area contributed by atoms with Crippen LogP contribution in [0.4, 0.5) is 5.69 Å². The highest BCUT2D eigenvalue weighted by Crippen LogP contribution is 2.26. The van der Waals surface area contributed by atoms with E-state index in [-0.39, 0.29) is 11.4 Å². The standard InChI is InChI=1S/C22H24N4O4/c23-18-3-1-2-17(14-18)16-4-6-19(7-5-16)26-21(20(15-24-26)22(27)28)30-13-10-25-8-11-29-12-9-25/h1-7,14-15H,8-13,23H2,(H,27,28). The first-order valence-corrected chi connectivity index (χ1v) is 9.82. The molecule has 0 atom stereocenters. The molecule has 1 aliphatic rings. The van der Waals surface area contributed by atoms with Crippen molar-refractivity contribution in [3.8, 4) is 22.7 Å². The van der Waals surface area contributed by atoms with Gasteiger partial charge in [0.05, 0.1) is 25.1 Å². The van der Waals surface area contributed by atoms with Gasteiger partial charge in [0.2, 0.25) is 5.88 Å². The summed E-state index contributed by atoms with van der Waals surface area (Å²) in [5, 5.41) is 13.8. The molecule has 0 amide bonds. The molecule has 156 valence electrons. The zero-order valence-electron chi connectivity index (χ0n) is 16.5. The molecule has 1 aromatic heterocycles. The van der Waals surface area contributed by atoms with Crippen molar-refractivity contribution < 1.29 is 19.4 Å². The molecular formula is C22H24N4O4. The van der Waals surface area contributed by atoms with Gasteiger partial charge < -0.3 is 20.3 Å². The summed E-state index contributed by atoms with van der Waals surface area (Å²) < 4.78 is 12.7. The van der Waals surface area contributed by atoms with E-state index < -0.39 is 5.97 Å². The van der Waals surface area contributed by atoms with Crippen LogP contribution in [0.25, 0.3) is 16.8 Å². The van der Waals surface area contributed by atoms with Gasteiger partial charge in [-0.15, -0.1) is 0 Å². The Bertz CT molecular complexity index is 1010. The number of anilines is 1. The van der Waals surface area contributed by atoms with Gasteiger partial charge in [0, 0.05) is 25.3 Å². The Balaban J connectivity index is 1.53. The number of nitrogens with zero attached hydrogens (tertiary/aromatic N) is 3. The van der Waals surface area contributed by atoms with Gasteiger partial charge in [0.15, 0.2) is 0 Å². The maximum absolute atomic E-state index is 11.6. The number of carbonyl (C=O) groups is 1. The number of ether oxygens (including phenoxy) is 2. The van der Waals surface area contributed by atoms with Crippen LogP contribution in [0.2, 0.25) is 0 Å². The van der Waals surface area contributed by atoms with E-state index in [0.29, 0.717) is 32.1 Å². The third-order valence-corrected chi connectivity index (χ3v) is 5.04. The van der Waals surface area contributed by atoms with Crippen LogP contribution in [0.1, 0.15) is 10.4 Å². The first-order chi connectivity index (χ1) is 14.6. The van der Waals surface area contributed by atoms with Crippen LogP contribution < -0.4 is 10.5 Å². The zero-order chi connectivity index (χ0) is 20.9. The highest BCUT2D eigenvalue weighted by Gasteiger charge is 2.20. The molecule has 2 aromatic carbocycles. The number of hydrogen-bond acceptors (Lipinski definition) is 6. The van der Waals surface area contributed by atoms with Crippen molar-refractivity contribution in [3.05, 3.63) is 60.3 Å². The van der Waals surface area contributed by atoms with Crippen molar-refractivity contribution in [2.45, 2.75) is 0 Å². The average Bonchev–Trinajstić information content (AvgIpc) is 3.19. The number of aromatic nitrogens is 2. The Hall–Kier alpha value is -3.36. The SMILES string of the molecule is Nc1cccc(-c2ccc(-n3ncc(C(=O)O)c3OCCN3CCOCC3)cc2)c1. The minimum absolute atomic E-state index is 0.0388. The van der Waals surface area contributed by atoms with Gasteiger partial charge in [-0.25, -0.2) is 9.48 Å². The largest absolute Gasteiger partial charge is 0.477 e. The van der Waals surface area contributed by atoms with E-state index in [9.17, 15) is 9.90 Å². The van der Waals surface area contributed by atoms with Crippen molar-refractivity contribution in [2.24, 2.45) is 0 Å². The maximum atomic E-state index is 11.6. The van der Waals surface area contributed by atoms with E-state index in [2.05, 4.69) is 10.00 Å². The van der Waals surface area contributed by atoms with Crippen LogP contribution in [-0.4, -0.2) is 65.2 Å². The fourth-order valence-corrected chi connectivity index (χ4v) is 3.42. The lowest BCUT2D eigenvalue weighted by Crippen LogP contribution is -2.38. The number of carboxylic acid groups (broad SMARTS) is 1. The summed E-state index contributed by atoms with van der Waals surface area (Å²) in [6.07, 6.45) is 1.32. The molecule has 0 saturated carbocycles. The van der Waals surface area contributed by atoms with Crippen molar-refractivity contribution in [1.29, 1.82) is 0 Å². The van der Waals surface area contributed by atoms with Gasteiger partial charge in [-0.3, -0.25) is 4.90 Å². The lowest BCUT2D eigenvalue weighted by molar-refractivity contribution is 0.0317. The Morgan fingerprint density at radius 1 is 1.13 bits per heavy atom. The molecule has 3 aromatic rings. The minimum atomic E-state index is -1.07. The zero-order valence-corrected chi connectivity index (χ0v) is 16.5. The molecule has 30 heavy (non-hydrogen) atoms. The number of morpholine rings is 1. The van der Waals surface area contributed by atoms with E-state index in [1.807, 2.05) is 48.5 Å². The highest BCUT2D eigenvalue weighted by atomic mass is 16.5. The fourth-order valence-electron chi connectivity index (χ4n) is 3.42. The molecular weight excluding hydrogens is 384 g/mol. The predicted molar refractivity (Wildman–Crippen MR) is 113 cm³/mol. The third kappa shape index (κ3) is 4.45.